The van der Waals surface area contributed by atoms with Crippen molar-refractivity contribution in [3.05, 3.63) is 41.7 Å². The fourth-order valence-electron chi connectivity index (χ4n) is 3.27. The van der Waals surface area contributed by atoms with Crippen LogP contribution in [0.4, 0.5) is 0 Å². The summed E-state index contributed by atoms with van der Waals surface area (Å²) in [6.07, 6.45) is 6.56. The number of rotatable bonds is 5. The average Bonchev–Trinajstić information content (AvgIpc) is 3.08. The standard InChI is InChI=1S/C18H25N5O2/c1-13(2)16-4-7-23(21-16)18(17(24)25)5-8-22(9-6-18)12-15-10-19-14(3)20-11-15/h4,7,10-11,13H,5-6,8-9,12H2,1-3H3,(H,24,25). The van der Waals surface area contributed by atoms with Gasteiger partial charge in [-0.1, -0.05) is 13.8 Å². The zero-order chi connectivity index (χ0) is 18.0. The van der Waals surface area contributed by atoms with Crippen LogP contribution in [0.5, 0.6) is 0 Å². The van der Waals surface area contributed by atoms with Gasteiger partial charge < -0.3 is 5.11 Å². The molecule has 0 aromatic carbocycles. The third-order valence-corrected chi connectivity index (χ3v) is 4.96. The number of carbonyl (C=O) groups is 1. The van der Waals surface area contributed by atoms with Crippen molar-refractivity contribution in [3.63, 3.8) is 0 Å². The lowest BCUT2D eigenvalue weighted by Crippen LogP contribution is -2.51. The predicted molar refractivity (Wildman–Crippen MR) is 93.2 cm³/mol. The molecule has 0 atom stereocenters. The number of carboxylic acid groups (broad SMARTS) is 1. The second-order valence-electron chi connectivity index (χ2n) is 7.09. The Balaban J connectivity index is 1.72. The minimum absolute atomic E-state index is 0.286. The van der Waals surface area contributed by atoms with Gasteiger partial charge in [0, 0.05) is 43.8 Å². The summed E-state index contributed by atoms with van der Waals surface area (Å²) < 4.78 is 1.66. The van der Waals surface area contributed by atoms with E-state index >= 15 is 0 Å². The van der Waals surface area contributed by atoms with E-state index in [1.165, 1.54) is 0 Å². The number of aromatic nitrogens is 4. The Bertz CT molecular complexity index is 730. The van der Waals surface area contributed by atoms with Gasteiger partial charge in [-0.3, -0.25) is 9.58 Å². The molecule has 1 aliphatic rings. The van der Waals surface area contributed by atoms with Crippen molar-refractivity contribution >= 4 is 5.97 Å². The number of likely N-dealkylation sites (tertiary alicyclic amines) is 1. The Morgan fingerprint density at radius 1 is 1.28 bits per heavy atom. The van der Waals surface area contributed by atoms with Gasteiger partial charge in [0.2, 0.25) is 0 Å². The minimum Gasteiger partial charge on any atom is -0.479 e. The fourth-order valence-corrected chi connectivity index (χ4v) is 3.27. The minimum atomic E-state index is -0.951. The molecule has 0 spiro atoms. The third kappa shape index (κ3) is 3.56. The summed E-state index contributed by atoms with van der Waals surface area (Å²) in [6.45, 7) is 8.14. The molecule has 0 saturated carbocycles. The summed E-state index contributed by atoms with van der Waals surface area (Å²) in [5.74, 6) is 0.241. The molecule has 0 radical (unpaired) electrons. The van der Waals surface area contributed by atoms with Gasteiger partial charge in [0.05, 0.1) is 5.69 Å². The Morgan fingerprint density at radius 3 is 2.44 bits per heavy atom. The van der Waals surface area contributed by atoms with Gasteiger partial charge in [0.1, 0.15) is 5.82 Å². The molecular weight excluding hydrogens is 318 g/mol. The van der Waals surface area contributed by atoms with Crippen molar-refractivity contribution in [2.24, 2.45) is 0 Å². The topological polar surface area (TPSA) is 84.1 Å². The SMILES string of the molecule is Cc1ncc(CN2CCC(C(=O)O)(n3ccc(C(C)C)n3)CC2)cn1. The summed E-state index contributed by atoms with van der Waals surface area (Å²) in [5, 5.41) is 14.4. The van der Waals surface area contributed by atoms with Crippen LogP contribution in [0, 0.1) is 6.92 Å². The second kappa shape index (κ2) is 6.92. The zero-order valence-electron chi connectivity index (χ0n) is 15.0. The van der Waals surface area contributed by atoms with E-state index in [2.05, 4.69) is 33.8 Å². The van der Waals surface area contributed by atoms with E-state index < -0.39 is 11.5 Å². The van der Waals surface area contributed by atoms with E-state index in [4.69, 9.17) is 0 Å². The van der Waals surface area contributed by atoms with E-state index in [9.17, 15) is 9.90 Å². The van der Waals surface area contributed by atoms with Crippen molar-refractivity contribution in [2.45, 2.75) is 51.6 Å². The van der Waals surface area contributed by atoms with Crippen LogP contribution in [0.15, 0.2) is 24.7 Å². The van der Waals surface area contributed by atoms with Crippen molar-refractivity contribution in [2.75, 3.05) is 13.1 Å². The Kier molecular flexibility index (Phi) is 4.85. The van der Waals surface area contributed by atoms with Gasteiger partial charge in [0.15, 0.2) is 5.54 Å². The molecule has 3 heterocycles. The number of carboxylic acids is 1. The number of aryl methyl sites for hydroxylation is 1. The fraction of sp³-hybridized carbons (Fsp3) is 0.556. The summed E-state index contributed by atoms with van der Waals surface area (Å²) in [5.41, 5.74) is 1.03. The molecule has 0 unspecified atom stereocenters. The van der Waals surface area contributed by atoms with Gasteiger partial charge in [-0.25, -0.2) is 14.8 Å². The monoisotopic (exact) mass is 343 g/mol. The Hall–Kier alpha value is -2.28. The molecule has 0 amide bonds. The first-order valence-corrected chi connectivity index (χ1v) is 8.70. The van der Waals surface area contributed by atoms with Crippen LogP contribution in [-0.2, 0) is 16.9 Å². The van der Waals surface area contributed by atoms with E-state index in [-0.39, 0.29) is 5.92 Å². The van der Waals surface area contributed by atoms with E-state index in [1.54, 1.807) is 4.68 Å². The molecule has 1 saturated heterocycles. The van der Waals surface area contributed by atoms with Gasteiger partial charge >= 0.3 is 5.97 Å². The summed E-state index contributed by atoms with van der Waals surface area (Å²) in [6, 6.07) is 1.92. The number of aliphatic carboxylic acids is 1. The van der Waals surface area contributed by atoms with E-state index in [0.29, 0.717) is 25.9 Å². The van der Waals surface area contributed by atoms with E-state index in [1.807, 2.05) is 31.6 Å². The molecule has 1 fully saturated rings. The first kappa shape index (κ1) is 17.5. The van der Waals surface area contributed by atoms with Crippen LogP contribution in [0.25, 0.3) is 0 Å². The highest BCUT2D eigenvalue weighted by atomic mass is 16.4. The van der Waals surface area contributed by atoms with Gasteiger partial charge in [0.25, 0.3) is 0 Å². The molecule has 1 aliphatic heterocycles. The lowest BCUT2D eigenvalue weighted by molar-refractivity contribution is -0.151. The number of hydrogen-bond acceptors (Lipinski definition) is 5. The highest BCUT2D eigenvalue weighted by Crippen LogP contribution is 2.31. The summed E-state index contributed by atoms with van der Waals surface area (Å²) >= 11 is 0. The normalized spacial score (nSPS) is 17.8. The molecular formula is C18H25N5O2. The van der Waals surface area contributed by atoms with E-state index in [0.717, 1.165) is 23.6 Å². The molecule has 0 aliphatic carbocycles. The molecule has 1 N–H and O–H groups in total. The number of nitrogens with zero attached hydrogens (tertiary/aromatic N) is 5. The molecule has 25 heavy (non-hydrogen) atoms. The molecule has 134 valence electrons. The Morgan fingerprint density at radius 2 is 1.92 bits per heavy atom. The van der Waals surface area contributed by atoms with Crippen LogP contribution >= 0.6 is 0 Å². The maximum atomic E-state index is 12.1. The molecule has 2 aromatic heterocycles. The van der Waals surface area contributed by atoms with Crippen molar-refractivity contribution in [1.82, 2.24) is 24.6 Å². The van der Waals surface area contributed by atoms with Gasteiger partial charge in [-0.15, -0.1) is 0 Å². The van der Waals surface area contributed by atoms with Crippen LogP contribution in [-0.4, -0.2) is 48.8 Å². The molecule has 2 aromatic rings. The zero-order valence-corrected chi connectivity index (χ0v) is 15.0. The molecule has 7 heteroatoms. The first-order valence-electron chi connectivity index (χ1n) is 8.70. The van der Waals surface area contributed by atoms with Crippen LogP contribution in [0.1, 0.15) is 49.7 Å². The molecule has 0 bridgehead atoms. The lowest BCUT2D eigenvalue weighted by Gasteiger charge is -2.39. The Labute approximate surface area is 147 Å². The third-order valence-electron chi connectivity index (χ3n) is 4.96. The van der Waals surface area contributed by atoms with Gasteiger partial charge in [-0.05, 0) is 31.7 Å². The number of hydrogen-bond donors (Lipinski definition) is 1. The van der Waals surface area contributed by atoms with Crippen LogP contribution in [0.3, 0.4) is 0 Å². The highest BCUT2D eigenvalue weighted by Gasteiger charge is 2.44. The number of piperidine rings is 1. The van der Waals surface area contributed by atoms with Gasteiger partial charge in [-0.2, -0.15) is 5.10 Å². The summed E-state index contributed by atoms with van der Waals surface area (Å²) in [4.78, 5) is 22.8. The van der Waals surface area contributed by atoms with Crippen molar-refractivity contribution in [3.8, 4) is 0 Å². The molecule has 3 rings (SSSR count). The summed E-state index contributed by atoms with van der Waals surface area (Å²) in [7, 11) is 0. The molecule has 7 nitrogen and oxygen atoms in total. The largest absolute Gasteiger partial charge is 0.479 e. The van der Waals surface area contributed by atoms with Crippen LogP contribution in [0.2, 0.25) is 0 Å². The predicted octanol–water partition coefficient (Wildman–Crippen LogP) is 2.18. The van der Waals surface area contributed by atoms with Crippen molar-refractivity contribution in [1.29, 1.82) is 0 Å². The highest BCUT2D eigenvalue weighted by molar-refractivity contribution is 5.76. The lowest BCUT2D eigenvalue weighted by atomic mass is 9.87. The quantitative estimate of drug-likeness (QED) is 0.896. The average molecular weight is 343 g/mol. The maximum absolute atomic E-state index is 12.1. The maximum Gasteiger partial charge on any atom is 0.331 e. The second-order valence-corrected chi connectivity index (χ2v) is 7.09. The smallest absolute Gasteiger partial charge is 0.331 e. The first-order chi connectivity index (χ1) is 11.9. The van der Waals surface area contributed by atoms with Crippen molar-refractivity contribution < 1.29 is 9.90 Å². The van der Waals surface area contributed by atoms with Crippen LogP contribution < -0.4 is 0 Å².